The third-order valence-corrected chi connectivity index (χ3v) is 3.23. The van der Waals surface area contributed by atoms with Gasteiger partial charge in [-0.25, -0.2) is 4.79 Å². The highest BCUT2D eigenvalue weighted by Crippen LogP contribution is 2.35. The van der Waals surface area contributed by atoms with Crippen LogP contribution in [0, 0.1) is 34.1 Å². The van der Waals surface area contributed by atoms with Crippen molar-refractivity contribution in [2.75, 3.05) is 5.32 Å². The van der Waals surface area contributed by atoms with E-state index < -0.39 is 32.8 Å². The molecule has 24 heavy (non-hydrogen) atoms. The van der Waals surface area contributed by atoms with Gasteiger partial charge in [-0.1, -0.05) is 6.07 Å². The summed E-state index contributed by atoms with van der Waals surface area (Å²) >= 11 is 0. The lowest BCUT2D eigenvalue weighted by Crippen LogP contribution is -2.07. The highest BCUT2D eigenvalue weighted by Gasteiger charge is 2.27. The zero-order valence-corrected chi connectivity index (χ0v) is 12.8. The van der Waals surface area contributed by atoms with Gasteiger partial charge in [-0.05, 0) is 37.1 Å². The van der Waals surface area contributed by atoms with Crippen LogP contribution in [0.4, 0.5) is 22.7 Å². The molecule has 0 aromatic heterocycles. The molecule has 9 nitrogen and oxygen atoms in total. The molecule has 124 valence electrons. The van der Waals surface area contributed by atoms with E-state index in [0.717, 1.165) is 23.3 Å². The smallest absolute Gasteiger partial charge is 0.338 e. The number of aryl methyl sites for hydroxylation is 2. The molecule has 0 aliphatic rings. The number of nitrogens with one attached hydrogen (secondary N) is 1. The summed E-state index contributed by atoms with van der Waals surface area (Å²) in [6.07, 6.45) is 0. The molecule has 0 atom stereocenters. The van der Waals surface area contributed by atoms with E-state index in [4.69, 9.17) is 0 Å². The molecule has 2 aromatic carbocycles. The van der Waals surface area contributed by atoms with Crippen molar-refractivity contribution < 1.29 is 19.7 Å². The van der Waals surface area contributed by atoms with E-state index in [0.29, 0.717) is 5.69 Å². The van der Waals surface area contributed by atoms with E-state index >= 15 is 0 Å². The molecule has 0 saturated heterocycles. The maximum Gasteiger partial charge on any atom is 0.338 e. The number of rotatable bonds is 5. The van der Waals surface area contributed by atoms with Crippen LogP contribution >= 0.6 is 0 Å². The van der Waals surface area contributed by atoms with E-state index in [9.17, 15) is 30.1 Å². The summed E-state index contributed by atoms with van der Waals surface area (Å²) < 4.78 is 0. The Morgan fingerprint density at radius 3 is 2.04 bits per heavy atom. The SMILES string of the molecule is Cc1cc(C)cc(Nc2c(C(=O)O)cc([N+](=O)[O-])cc2[N+](=O)[O-])c1. The minimum absolute atomic E-state index is 0.303. The maximum absolute atomic E-state index is 11.4. The highest BCUT2D eigenvalue weighted by molar-refractivity contribution is 5.99. The second-order valence-electron chi connectivity index (χ2n) is 5.21. The third kappa shape index (κ3) is 3.46. The summed E-state index contributed by atoms with van der Waals surface area (Å²) in [6.45, 7) is 3.64. The molecule has 0 saturated carbocycles. The van der Waals surface area contributed by atoms with Crippen molar-refractivity contribution in [2.24, 2.45) is 0 Å². The monoisotopic (exact) mass is 331 g/mol. The van der Waals surface area contributed by atoms with E-state index in [1.807, 2.05) is 19.9 Å². The fourth-order valence-corrected chi connectivity index (χ4v) is 2.35. The van der Waals surface area contributed by atoms with Crippen LogP contribution < -0.4 is 5.32 Å². The number of nitrogens with zero attached hydrogens (tertiary/aromatic N) is 2. The van der Waals surface area contributed by atoms with Crippen molar-refractivity contribution in [1.82, 2.24) is 0 Å². The second-order valence-corrected chi connectivity index (χ2v) is 5.21. The molecule has 0 bridgehead atoms. The van der Waals surface area contributed by atoms with Crippen LogP contribution in [0.2, 0.25) is 0 Å². The van der Waals surface area contributed by atoms with Gasteiger partial charge in [-0.2, -0.15) is 0 Å². The molecule has 0 aliphatic carbocycles. The summed E-state index contributed by atoms with van der Waals surface area (Å²) in [5.74, 6) is -1.51. The van der Waals surface area contributed by atoms with Crippen molar-refractivity contribution in [3.63, 3.8) is 0 Å². The standard InChI is InChI=1S/C15H13N3O6/c1-8-3-9(2)5-10(4-8)16-14-12(15(19)20)6-11(17(21)22)7-13(14)18(23)24/h3-7,16H,1-2H3,(H,19,20). The fraction of sp³-hybridized carbons (Fsp3) is 0.133. The molecule has 2 N–H and O–H groups in total. The third-order valence-electron chi connectivity index (χ3n) is 3.23. The second kappa shape index (κ2) is 6.32. The van der Waals surface area contributed by atoms with Gasteiger partial charge >= 0.3 is 5.97 Å². The molecule has 2 rings (SSSR count). The summed E-state index contributed by atoms with van der Waals surface area (Å²) in [5, 5.41) is 34.1. The van der Waals surface area contributed by atoms with Crippen molar-refractivity contribution in [1.29, 1.82) is 0 Å². The zero-order valence-electron chi connectivity index (χ0n) is 12.8. The average molecular weight is 331 g/mol. The van der Waals surface area contributed by atoms with Crippen LogP contribution in [0.5, 0.6) is 0 Å². The molecule has 0 heterocycles. The molecule has 2 aromatic rings. The number of nitro groups is 2. The van der Waals surface area contributed by atoms with Gasteiger partial charge in [0.15, 0.2) is 0 Å². The number of benzene rings is 2. The number of hydrogen-bond acceptors (Lipinski definition) is 6. The largest absolute Gasteiger partial charge is 0.478 e. The Morgan fingerprint density at radius 1 is 1.00 bits per heavy atom. The number of aromatic carboxylic acids is 1. The topological polar surface area (TPSA) is 136 Å². The van der Waals surface area contributed by atoms with Gasteiger partial charge in [0.2, 0.25) is 0 Å². The molecule has 0 fully saturated rings. The van der Waals surface area contributed by atoms with Crippen LogP contribution in [0.15, 0.2) is 30.3 Å². The number of anilines is 2. The first kappa shape index (κ1) is 16.9. The fourth-order valence-electron chi connectivity index (χ4n) is 2.35. The van der Waals surface area contributed by atoms with Gasteiger partial charge in [0.1, 0.15) is 5.69 Å². The normalized spacial score (nSPS) is 10.2. The molecule has 0 aliphatic heterocycles. The lowest BCUT2D eigenvalue weighted by Gasteiger charge is -2.11. The van der Waals surface area contributed by atoms with E-state index in [1.54, 1.807) is 12.1 Å². The first-order valence-electron chi connectivity index (χ1n) is 6.74. The Hall–Kier alpha value is -3.49. The number of non-ortho nitro benzene ring substituents is 1. The Morgan fingerprint density at radius 2 is 1.58 bits per heavy atom. The van der Waals surface area contributed by atoms with Gasteiger partial charge < -0.3 is 10.4 Å². The van der Waals surface area contributed by atoms with Crippen LogP contribution in [0.1, 0.15) is 21.5 Å². The lowest BCUT2D eigenvalue weighted by molar-refractivity contribution is -0.393. The van der Waals surface area contributed by atoms with Crippen molar-refractivity contribution in [3.8, 4) is 0 Å². The highest BCUT2D eigenvalue weighted by atomic mass is 16.6. The Balaban J connectivity index is 2.68. The number of nitro benzene ring substituents is 2. The van der Waals surface area contributed by atoms with Gasteiger partial charge in [-0.3, -0.25) is 20.2 Å². The number of hydrogen-bond donors (Lipinski definition) is 2. The number of carboxylic acids is 1. The molecule has 9 heteroatoms. The molecule has 0 radical (unpaired) electrons. The van der Waals surface area contributed by atoms with Gasteiger partial charge in [0.05, 0.1) is 21.5 Å². The predicted molar refractivity (Wildman–Crippen MR) is 85.9 cm³/mol. The van der Waals surface area contributed by atoms with Crippen LogP contribution in [0.25, 0.3) is 0 Å². The summed E-state index contributed by atoms with van der Waals surface area (Å²) in [4.78, 5) is 31.8. The summed E-state index contributed by atoms with van der Waals surface area (Å²) in [7, 11) is 0. The van der Waals surface area contributed by atoms with Crippen LogP contribution in [-0.4, -0.2) is 20.9 Å². The first-order valence-corrected chi connectivity index (χ1v) is 6.74. The number of carboxylic acid groups (broad SMARTS) is 1. The van der Waals surface area contributed by atoms with E-state index in [1.165, 1.54) is 0 Å². The quantitative estimate of drug-likeness (QED) is 0.631. The van der Waals surface area contributed by atoms with Crippen molar-refractivity contribution in [3.05, 3.63) is 67.3 Å². The minimum Gasteiger partial charge on any atom is -0.478 e. The maximum atomic E-state index is 11.4. The van der Waals surface area contributed by atoms with E-state index in [2.05, 4.69) is 5.32 Å². The van der Waals surface area contributed by atoms with Gasteiger partial charge in [0, 0.05) is 11.8 Å². The number of carbonyl (C=O) groups is 1. The molecule has 0 spiro atoms. The van der Waals surface area contributed by atoms with Gasteiger partial charge in [-0.15, -0.1) is 0 Å². The Labute approximate surface area is 135 Å². The van der Waals surface area contributed by atoms with Gasteiger partial charge in [0.25, 0.3) is 11.4 Å². The summed E-state index contributed by atoms with van der Waals surface area (Å²) in [5.41, 5.74) is 0.00817. The van der Waals surface area contributed by atoms with E-state index in [-0.39, 0.29) is 5.69 Å². The molecular formula is C15H13N3O6. The molecular weight excluding hydrogens is 318 g/mol. The van der Waals surface area contributed by atoms with Crippen molar-refractivity contribution in [2.45, 2.75) is 13.8 Å². The van der Waals surface area contributed by atoms with Crippen LogP contribution in [0.3, 0.4) is 0 Å². The average Bonchev–Trinajstić information content (AvgIpc) is 2.45. The first-order chi connectivity index (χ1) is 11.2. The Bertz CT molecular complexity index is 807. The molecule has 0 unspecified atom stereocenters. The predicted octanol–water partition coefficient (Wildman–Crippen LogP) is 3.56. The molecule has 0 amide bonds. The lowest BCUT2D eigenvalue weighted by atomic mass is 10.1. The minimum atomic E-state index is -1.51. The van der Waals surface area contributed by atoms with Crippen LogP contribution in [-0.2, 0) is 0 Å². The van der Waals surface area contributed by atoms with Crippen molar-refractivity contribution >= 4 is 28.7 Å². The Kier molecular flexibility index (Phi) is 4.45. The zero-order chi connectivity index (χ0) is 18.0. The summed E-state index contributed by atoms with van der Waals surface area (Å²) in [6, 6.07) is 6.78.